The number of halogens is 2. The van der Waals surface area contributed by atoms with E-state index < -0.39 is 18.5 Å². The average molecular weight is 472 g/mol. The summed E-state index contributed by atoms with van der Waals surface area (Å²) in [5, 5.41) is 3.09. The van der Waals surface area contributed by atoms with Crippen LogP contribution in [0.4, 0.5) is 5.82 Å². The second-order valence-corrected chi connectivity index (χ2v) is 7.35. The Hall–Kier alpha value is -3.42. The number of rotatable bonds is 8. The Morgan fingerprint density at radius 2 is 1.88 bits per heavy atom. The first-order chi connectivity index (χ1) is 15.4. The van der Waals surface area contributed by atoms with Gasteiger partial charge in [-0.1, -0.05) is 41.4 Å². The van der Waals surface area contributed by atoms with Gasteiger partial charge in [-0.25, -0.2) is 9.78 Å². The van der Waals surface area contributed by atoms with Gasteiger partial charge >= 0.3 is 5.97 Å². The van der Waals surface area contributed by atoms with Crippen molar-refractivity contribution in [2.75, 3.05) is 11.9 Å². The van der Waals surface area contributed by atoms with Crippen molar-refractivity contribution in [3.05, 3.63) is 87.8 Å². The fourth-order valence-corrected chi connectivity index (χ4v) is 2.87. The molecule has 3 rings (SSSR count). The van der Waals surface area contributed by atoms with E-state index in [0.29, 0.717) is 22.9 Å². The third-order valence-corrected chi connectivity index (χ3v) is 5.05. The van der Waals surface area contributed by atoms with Crippen molar-refractivity contribution in [3.8, 4) is 5.75 Å². The molecule has 0 aliphatic carbocycles. The predicted octanol–water partition coefficient (Wildman–Crippen LogP) is 4.87. The molecule has 0 aliphatic heterocycles. The van der Waals surface area contributed by atoms with Crippen LogP contribution in [-0.4, -0.2) is 28.5 Å². The van der Waals surface area contributed by atoms with Gasteiger partial charge in [-0.05, 0) is 48.4 Å². The summed E-state index contributed by atoms with van der Waals surface area (Å²) in [4.78, 5) is 32.0. The quantitative estimate of drug-likeness (QED) is 0.372. The Balaban J connectivity index is 1.44. The molecule has 1 N–H and O–H groups in total. The van der Waals surface area contributed by atoms with Crippen LogP contribution in [0.25, 0.3) is 6.08 Å². The van der Waals surface area contributed by atoms with E-state index in [1.165, 1.54) is 12.3 Å². The summed E-state index contributed by atoms with van der Waals surface area (Å²) in [6, 6.07) is 12.8. The topological polar surface area (TPSA) is 90.4 Å². The Labute approximate surface area is 195 Å². The van der Waals surface area contributed by atoms with Crippen LogP contribution in [0.15, 0.2) is 60.9 Å². The lowest BCUT2D eigenvalue weighted by Gasteiger charge is -2.09. The van der Waals surface area contributed by atoms with Gasteiger partial charge in [-0.15, -0.1) is 0 Å². The molecule has 0 saturated heterocycles. The van der Waals surface area contributed by atoms with Crippen molar-refractivity contribution in [2.24, 2.45) is 0 Å². The number of hydrogen-bond acceptors (Lipinski definition) is 6. The zero-order valence-corrected chi connectivity index (χ0v) is 18.6. The van der Waals surface area contributed by atoms with Crippen molar-refractivity contribution in [1.82, 2.24) is 9.97 Å². The van der Waals surface area contributed by atoms with E-state index in [9.17, 15) is 9.59 Å². The van der Waals surface area contributed by atoms with E-state index in [1.807, 2.05) is 18.2 Å². The molecule has 0 radical (unpaired) electrons. The van der Waals surface area contributed by atoms with E-state index >= 15 is 0 Å². The number of amides is 1. The Kier molecular flexibility index (Phi) is 8.19. The molecular weight excluding hydrogens is 453 g/mol. The molecule has 1 amide bonds. The Morgan fingerprint density at radius 1 is 1.09 bits per heavy atom. The number of hydrogen-bond donors (Lipinski definition) is 1. The molecule has 2 heterocycles. The Bertz CT molecular complexity index is 1120. The van der Waals surface area contributed by atoms with Gasteiger partial charge in [0.1, 0.15) is 12.4 Å². The summed E-state index contributed by atoms with van der Waals surface area (Å²) in [5.74, 6) is -0.411. The van der Waals surface area contributed by atoms with E-state index in [0.717, 1.165) is 11.3 Å². The van der Waals surface area contributed by atoms with E-state index in [-0.39, 0.29) is 10.8 Å². The van der Waals surface area contributed by atoms with Gasteiger partial charge in [0.15, 0.2) is 12.4 Å². The summed E-state index contributed by atoms with van der Waals surface area (Å²) in [6.45, 7) is 1.58. The van der Waals surface area contributed by atoms with Gasteiger partial charge in [0.05, 0.1) is 15.7 Å². The normalized spacial score (nSPS) is 10.7. The van der Waals surface area contributed by atoms with Crippen LogP contribution >= 0.6 is 23.2 Å². The predicted molar refractivity (Wildman–Crippen MR) is 123 cm³/mol. The van der Waals surface area contributed by atoms with Crippen LogP contribution < -0.4 is 10.1 Å². The standard InChI is InChI=1S/C23H19Cl2N3O4/c1-15-19(24)12-27-23(22(15)25)28-20(29)14-32-21(30)10-7-16-5-8-18(9-6-16)31-13-17-4-2-3-11-26-17/h2-12H,13-14H2,1H3,(H,27,28,29). The molecule has 0 spiro atoms. The summed E-state index contributed by atoms with van der Waals surface area (Å²) in [5.41, 5.74) is 2.18. The molecule has 9 heteroatoms. The van der Waals surface area contributed by atoms with Crippen molar-refractivity contribution in [3.63, 3.8) is 0 Å². The summed E-state index contributed by atoms with van der Waals surface area (Å²) in [6.07, 6.45) is 5.89. The monoisotopic (exact) mass is 471 g/mol. The van der Waals surface area contributed by atoms with Crippen LogP contribution in [0.5, 0.6) is 5.75 Å². The summed E-state index contributed by atoms with van der Waals surface area (Å²) in [7, 11) is 0. The minimum Gasteiger partial charge on any atom is -0.487 e. The number of nitrogens with one attached hydrogen (secondary N) is 1. The van der Waals surface area contributed by atoms with Crippen molar-refractivity contribution < 1.29 is 19.1 Å². The molecule has 32 heavy (non-hydrogen) atoms. The lowest BCUT2D eigenvalue weighted by molar-refractivity contribution is -0.142. The van der Waals surface area contributed by atoms with E-state index in [2.05, 4.69) is 15.3 Å². The van der Waals surface area contributed by atoms with Crippen LogP contribution in [-0.2, 0) is 20.9 Å². The highest BCUT2D eigenvalue weighted by atomic mass is 35.5. The first-order valence-electron chi connectivity index (χ1n) is 9.50. The molecule has 164 valence electrons. The van der Waals surface area contributed by atoms with Crippen LogP contribution in [0.1, 0.15) is 16.8 Å². The number of aromatic nitrogens is 2. The summed E-state index contributed by atoms with van der Waals surface area (Å²) >= 11 is 12.0. The molecule has 2 aromatic heterocycles. The fourth-order valence-electron chi connectivity index (χ4n) is 2.48. The highest BCUT2D eigenvalue weighted by Gasteiger charge is 2.12. The number of pyridine rings is 2. The molecule has 7 nitrogen and oxygen atoms in total. The largest absolute Gasteiger partial charge is 0.487 e. The van der Waals surface area contributed by atoms with E-state index in [4.69, 9.17) is 32.7 Å². The maximum absolute atomic E-state index is 12.0. The van der Waals surface area contributed by atoms with Crippen LogP contribution in [0.3, 0.4) is 0 Å². The molecule has 0 atom stereocenters. The van der Waals surface area contributed by atoms with Crippen molar-refractivity contribution in [2.45, 2.75) is 13.5 Å². The maximum Gasteiger partial charge on any atom is 0.331 e. The number of nitrogens with zero attached hydrogens (tertiary/aromatic N) is 2. The second kappa shape index (κ2) is 11.3. The Morgan fingerprint density at radius 3 is 2.59 bits per heavy atom. The maximum atomic E-state index is 12.0. The zero-order valence-electron chi connectivity index (χ0n) is 17.0. The van der Waals surface area contributed by atoms with Gasteiger partial charge < -0.3 is 14.8 Å². The molecular formula is C23H19Cl2N3O4. The number of carbonyl (C=O) groups is 2. The number of anilines is 1. The molecule has 0 fully saturated rings. The number of benzene rings is 1. The molecule has 0 saturated carbocycles. The summed E-state index contributed by atoms with van der Waals surface area (Å²) < 4.78 is 10.6. The number of esters is 1. The zero-order chi connectivity index (χ0) is 22.9. The number of carbonyl (C=O) groups excluding carboxylic acids is 2. The van der Waals surface area contributed by atoms with Gasteiger partial charge in [0.2, 0.25) is 0 Å². The first-order valence-corrected chi connectivity index (χ1v) is 10.3. The molecule has 1 aromatic carbocycles. The van der Waals surface area contributed by atoms with Crippen LogP contribution in [0, 0.1) is 6.92 Å². The van der Waals surface area contributed by atoms with Crippen LogP contribution in [0.2, 0.25) is 10.0 Å². The molecule has 0 unspecified atom stereocenters. The number of ether oxygens (including phenoxy) is 2. The van der Waals surface area contributed by atoms with E-state index in [1.54, 1.807) is 43.5 Å². The lowest BCUT2D eigenvalue weighted by atomic mass is 10.2. The first kappa shape index (κ1) is 23.2. The average Bonchev–Trinajstić information content (AvgIpc) is 2.82. The third kappa shape index (κ3) is 6.80. The minimum absolute atomic E-state index is 0.149. The van der Waals surface area contributed by atoms with Crippen molar-refractivity contribution in [1.29, 1.82) is 0 Å². The van der Waals surface area contributed by atoms with Gasteiger partial charge in [-0.3, -0.25) is 9.78 Å². The highest BCUT2D eigenvalue weighted by molar-refractivity contribution is 6.37. The molecule has 3 aromatic rings. The third-order valence-electron chi connectivity index (χ3n) is 4.21. The molecule has 0 bridgehead atoms. The lowest BCUT2D eigenvalue weighted by Crippen LogP contribution is -2.21. The van der Waals surface area contributed by atoms with Gasteiger partial charge in [0, 0.05) is 18.5 Å². The minimum atomic E-state index is -0.665. The smallest absolute Gasteiger partial charge is 0.331 e. The van der Waals surface area contributed by atoms with Crippen molar-refractivity contribution >= 4 is 47.0 Å². The SMILES string of the molecule is Cc1c(Cl)cnc(NC(=O)COC(=O)C=Cc2ccc(OCc3ccccn3)cc2)c1Cl. The van der Waals surface area contributed by atoms with Gasteiger partial charge in [0.25, 0.3) is 5.91 Å². The fraction of sp³-hybridized carbons (Fsp3) is 0.130. The highest BCUT2D eigenvalue weighted by Crippen LogP contribution is 2.28. The molecule has 0 aliphatic rings. The second-order valence-electron chi connectivity index (χ2n) is 6.56. The van der Waals surface area contributed by atoms with Gasteiger partial charge in [-0.2, -0.15) is 0 Å².